The smallest absolute Gasteiger partial charge is 0.129 e. The minimum atomic E-state index is 0.277. The molecule has 8 heteroatoms. The number of nitrogens with zero attached hydrogens (tertiary/aromatic N) is 5. The molecule has 0 saturated carbocycles. The largest absolute Gasteiger partial charge is 0.496 e. The molecule has 0 radical (unpaired) electrons. The molecule has 1 aromatic carbocycles. The van der Waals surface area contributed by atoms with Crippen molar-refractivity contribution in [1.82, 2.24) is 19.9 Å². The normalized spacial score (nSPS) is 13.5. The Hall–Kier alpha value is -3.23. The molecule has 1 aliphatic heterocycles. The first-order valence-electron chi connectivity index (χ1n) is 13.2. The second-order valence-electron chi connectivity index (χ2n) is 8.01. The van der Waals surface area contributed by atoms with Crippen LogP contribution in [0, 0.1) is 0 Å². The number of pyridine rings is 1. The van der Waals surface area contributed by atoms with Gasteiger partial charge in [-0.2, -0.15) is 0 Å². The highest BCUT2D eigenvalue weighted by molar-refractivity contribution is 5.62. The highest BCUT2D eigenvalue weighted by atomic mass is 16.5. The Morgan fingerprint density at radius 3 is 2.24 bits per heavy atom. The van der Waals surface area contributed by atoms with E-state index in [2.05, 4.69) is 62.2 Å². The Kier molecular flexibility index (Phi) is 15.5. The quantitative estimate of drug-likeness (QED) is 0.450. The molecule has 0 bridgehead atoms. The maximum Gasteiger partial charge on any atom is 0.129 e. The van der Waals surface area contributed by atoms with E-state index in [1.165, 1.54) is 5.56 Å². The number of aromatic nitrogens is 3. The number of piperazine rings is 1. The zero-order chi connectivity index (χ0) is 27.6. The molecule has 4 rings (SSSR count). The molecule has 8 nitrogen and oxygen atoms in total. The second-order valence-corrected chi connectivity index (χ2v) is 8.01. The van der Waals surface area contributed by atoms with Gasteiger partial charge in [0, 0.05) is 63.6 Å². The number of hydrogen-bond donors (Lipinski definition) is 2. The van der Waals surface area contributed by atoms with Gasteiger partial charge < -0.3 is 25.0 Å². The van der Waals surface area contributed by atoms with Crippen LogP contribution in [0.4, 0.5) is 11.6 Å². The van der Waals surface area contributed by atoms with Crippen molar-refractivity contribution in [3.05, 3.63) is 60.6 Å². The minimum absolute atomic E-state index is 0.277. The number of benzene rings is 1. The Labute approximate surface area is 223 Å². The van der Waals surface area contributed by atoms with Crippen molar-refractivity contribution >= 4 is 11.6 Å². The number of aliphatic hydroxyl groups is 1. The number of likely N-dealkylation sites (N-methyl/N-ethyl adjacent to an activating group) is 1. The molecular formula is C29H46N6O2. The Morgan fingerprint density at radius 2 is 1.62 bits per heavy atom. The van der Waals surface area contributed by atoms with Crippen molar-refractivity contribution in [3.63, 3.8) is 0 Å². The SMILES string of the molecule is CC.CC.CO.COc1ccccc1C(C)CNc1cc(-c2ccc(N3CCN(C)CC3)nc2)ncn1. The number of hydrogen-bond acceptors (Lipinski definition) is 8. The molecule has 3 heterocycles. The molecule has 2 N–H and O–H groups in total. The minimum Gasteiger partial charge on any atom is -0.496 e. The van der Waals surface area contributed by atoms with Crippen molar-refractivity contribution in [3.8, 4) is 17.0 Å². The summed E-state index contributed by atoms with van der Waals surface area (Å²) in [6.07, 6.45) is 3.50. The molecule has 1 aliphatic rings. The van der Waals surface area contributed by atoms with Gasteiger partial charge in [0.25, 0.3) is 0 Å². The lowest BCUT2D eigenvalue weighted by Gasteiger charge is -2.33. The standard InChI is InChI=1S/C24H30N6O.2C2H6.CH4O/c1-18(20-6-4-5-7-22(20)31-3)15-25-23-14-21(27-17-28-23)19-8-9-24(26-16-19)30-12-10-29(2)11-13-30;3*1-2/h4-9,14,16-18H,10-13,15H2,1-3H3,(H,25,27,28);2*1-2H3;2H,1H3. The molecule has 1 saturated heterocycles. The van der Waals surface area contributed by atoms with Crippen LogP contribution < -0.4 is 15.0 Å². The first kappa shape index (κ1) is 31.8. The number of rotatable bonds is 7. The van der Waals surface area contributed by atoms with Crippen molar-refractivity contribution in [2.75, 3.05) is 64.2 Å². The molecule has 1 fully saturated rings. The van der Waals surface area contributed by atoms with E-state index in [1.807, 2.05) is 58.2 Å². The molecule has 37 heavy (non-hydrogen) atoms. The zero-order valence-electron chi connectivity index (χ0n) is 23.9. The average Bonchev–Trinajstić information content (AvgIpc) is 2.99. The third-order valence-corrected chi connectivity index (χ3v) is 5.80. The monoisotopic (exact) mass is 510 g/mol. The van der Waals surface area contributed by atoms with Crippen molar-refractivity contribution in [2.24, 2.45) is 0 Å². The van der Waals surface area contributed by atoms with Gasteiger partial charge in [-0.25, -0.2) is 15.0 Å². The fourth-order valence-corrected chi connectivity index (χ4v) is 3.81. The van der Waals surface area contributed by atoms with Crippen LogP contribution in [0.15, 0.2) is 55.0 Å². The number of nitrogens with one attached hydrogen (secondary N) is 1. The summed E-state index contributed by atoms with van der Waals surface area (Å²) < 4.78 is 5.49. The van der Waals surface area contributed by atoms with Gasteiger partial charge in [-0.3, -0.25) is 0 Å². The van der Waals surface area contributed by atoms with Gasteiger partial charge >= 0.3 is 0 Å². The molecule has 2 aromatic heterocycles. The number of methoxy groups -OCH3 is 1. The van der Waals surface area contributed by atoms with E-state index in [0.29, 0.717) is 0 Å². The Morgan fingerprint density at radius 1 is 0.946 bits per heavy atom. The van der Waals surface area contributed by atoms with Crippen LogP contribution >= 0.6 is 0 Å². The molecule has 0 amide bonds. The van der Waals surface area contributed by atoms with Gasteiger partial charge in [-0.1, -0.05) is 52.8 Å². The topological polar surface area (TPSA) is 86.6 Å². The Balaban J connectivity index is 0.00000106. The number of anilines is 2. The lowest BCUT2D eigenvalue weighted by molar-refractivity contribution is 0.312. The van der Waals surface area contributed by atoms with Gasteiger partial charge in [0.05, 0.1) is 12.8 Å². The number of ether oxygens (including phenoxy) is 1. The first-order chi connectivity index (χ1) is 18.1. The maximum absolute atomic E-state index is 7.00. The summed E-state index contributed by atoms with van der Waals surface area (Å²) >= 11 is 0. The van der Waals surface area contributed by atoms with Crippen molar-refractivity contribution < 1.29 is 9.84 Å². The summed E-state index contributed by atoms with van der Waals surface area (Å²) in [6.45, 7) is 15.1. The van der Waals surface area contributed by atoms with Gasteiger partial charge in [0.1, 0.15) is 23.7 Å². The van der Waals surface area contributed by atoms with Gasteiger partial charge in [0.15, 0.2) is 0 Å². The summed E-state index contributed by atoms with van der Waals surface area (Å²) in [6, 6.07) is 14.3. The summed E-state index contributed by atoms with van der Waals surface area (Å²) in [5.41, 5.74) is 3.02. The Bertz CT molecular complexity index is 992. The number of aliphatic hydroxyl groups excluding tert-OH is 1. The molecule has 204 valence electrons. The maximum atomic E-state index is 7.00. The summed E-state index contributed by atoms with van der Waals surface area (Å²) in [5.74, 6) is 3.01. The van der Waals surface area contributed by atoms with Crippen LogP contribution in [0.2, 0.25) is 0 Å². The van der Waals surface area contributed by atoms with Crippen LogP contribution in [0.1, 0.15) is 46.1 Å². The summed E-state index contributed by atoms with van der Waals surface area (Å²) in [5, 5.41) is 10.4. The fraction of sp³-hybridized carbons (Fsp3) is 0.483. The van der Waals surface area contributed by atoms with Gasteiger partial charge in [0.2, 0.25) is 0 Å². The lowest BCUT2D eigenvalue weighted by Crippen LogP contribution is -2.44. The van der Waals surface area contributed by atoms with E-state index in [1.54, 1.807) is 13.4 Å². The van der Waals surface area contributed by atoms with E-state index in [9.17, 15) is 0 Å². The van der Waals surface area contributed by atoms with Crippen LogP contribution in [0.25, 0.3) is 11.3 Å². The molecule has 3 aromatic rings. The van der Waals surface area contributed by atoms with Gasteiger partial charge in [-0.15, -0.1) is 0 Å². The highest BCUT2D eigenvalue weighted by Gasteiger charge is 2.15. The van der Waals surface area contributed by atoms with Crippen LogP contribution in [0.5, 0.6) is 5.75 Å². The molecule has 0 aliphatic carbocycles. The van der Waals surface area contributed by atoms with Crippen LogP contribution in [0.3, 0.4) is 0 Å². The third kappa shape index (κ3) is 9.63. The third-order valence-electron chi connectivity index (χ3n) is 5.80. The number of para-hydroxylation sites is 1. The van der Waals surface area contributed by atoms with Crippen LogP contribution in [-0.2, 0) is 0 Å². The predicted molar refractivity (Wildman–Crippen MR) is 156 cm³/mol. The van der Waals surface area contributed by atoms with E-state index in [4.69, 9.17) is 9.84 Å². The molecular weight excluding hydrogens is 464 g/mol. The predicted octanol–water partition coefficient (Wildman–Crippen LogP) is 5.18. The highest BCUT2D eigenvalue weighted by Crippen LogP contribution is 2.27. The summed E-state index contributed by atoms with van der Waals surface area (Å²) in [7, 11) is 4.87. The van der Waals surface area contributed by atoms with E-state index < -0.39 is 0 Å². The summed E-state index contributed by atoms with van der Waals surface area (Å²) in [4.78, 5) is 18.2. The second kappa shape index (κ2) is 18.1. The molecule has 0 spiro atoms. The van der Waals surface area contributed by atoms with Crippen molar-refractivity contribution in [1.29, 1.82) is 0 Å². The van der Waals surface area contributed by atoms with Crippen LogP contribution in [-0.4, -0.2) is 78.9 Å². The fourth-order valence-electron chi connectivity index (χ4n) is 3.81. The molecule has 1 atom stereocenters. The van der Waals surface area contributed by atoms with Gasteiger partial charge in [-0.05, 0) is 30.8 Å². The first-order valence-corrected chi connectivity index (χ1v) is 13.2. The van der Waals surface area contributed by atoms with E-state index >= 15 is 0 Å². The van der Waals surface area contributed by atoms with E-state index in [0.717, 1.165) is 68.5 Å². The average molecular weight is 511 g/mol. The zero-order valence-corrected chi connectivity index (χ0v) is 23.9. The lowest BCUT2D eigenvalue weighted by atomic mass is 10.00. The molecule has 1 unspecified atom stereocenters. The van der Waals surface area contributed by atoms with E-state index in [-0.39, 0.29) is 5.92 Å². The van der Waals surface area contributed by atoms with Crippen molar-refractivity contribution in [2.45, 2.75) is 40.5 Å².